The molecule has 1 amide bonds. The van der Waals surface area contributed by atoms with Gasteiger partial charge in [-0.3, -0.25) is 4.79 Å². The van der Waals surface area contributed by atoms with E-state index < -0.39 is 16.1 Å². The van der Waals surface area contributed by atoms with Crippen LogP contribution in [-0.2, 0) is 14.8 Å². The molecule has 1 aliphatic rings. The van der Waals surface area contributed by atoms with Crippen LogP contribution in [0.15, 0.2) is 53.4 Å². The van der Waals surface area contributed by atoms with Gasteiger partial charge in [-0.2, -0.15) is 4.31 Å². The number of benzene rings is 2. The molecule has 150 valence electrons. The summed E-state index contributed by atoms with van der Waals surface area (Å²) < 4.78 is 33.1. The van der Waals surface area contributed by atoms with E-state index >= 15 is 0 Å². The van der Waals surface area contributed by atoms with Gasteiger partial charge in [0.2, 0.25) is 10.0 Å². The van der Waals surface area contributed by atoms with Gasteiger partial charge in [0.05, 0.1) is 4.90 Å². The molecule has 1 heterocycles. The summed E-state index contributed by atoms with van der Waals surface area (Å²) >= 11 is 0. The Morgan fingerprint density at radius 2 is 1.64 bits per heavy atom. The SMILES string of the molecule is Cc1ccc(S(=O)(=O)N2CCN(C(=O)C(C)Oc3ccccc3)CC2)c(C)c1. The predicted molar refractivity (Wildman–Crippen MR) is 108 cm³/mol. The van der Waals surface area contributed by atoms with Crippen LogP contribution in [0.4, 0.5) is 0 Å². The van der Waals surface area contributed by atoms with Crippen LogP contribution in [0.2, 0.25) is 0 Å². The first-order valence-corrected chi connectivity index (χ1v) is 10.8. The summed E-state index contributed by atoms with van der Waals surface area (Å²) in [7, 11) is -3.56. The molecule has 0 N–H and O–H groups in total. The Labute approximate surface area is 166 Å². The second-order valence-electron chi connectivity index (χ2n) is 7.07. The number of aryl methyl sites for hydroxylation is 2. The van der Waals surface area contributed by atoms with Gasteiger partial charge in [0.25, 0.3) is 5.91 Å². The molecule has 0 bridgehead atoms. The molecule has 0 spiro atoms. The molecule has 7 heteroatoms. The average molecular weight is 403 g/mol. The number of amides is 1. The molecule has 2 aromatic carbocycles. The van der Waals surface area contributed by atoms with E-state index in [9.17, 15) is 13.2 Å². The maximum absolute atomic E-state index is 13.0. The zero-order valence-corrected chi connectivity index (χ0v) is 17.3. The molecule has 1 aliphatic heterocycles. The lowest BCUT2D eigenvalue weighted by molar-refractivity contribution is -0.139. The predicted octanol–water partition coefficient (Wildman–Crippen LogP) is 2.60. The maximum atomic E-state index is 13.0. The molecule has 1 atom stereocenters. The molecular weight excluding hydrogens is 376 g/mol. The van der Waals surface area contributed by atoms with E-state index in [4.69, 9.17) is 4.74 Å². The van der Waals surface area contributed by atoms with E-state index in [1.807, 2.05) is 44.2 Å². The van der Waals surface area contributed by atoms with Crippen molar-refractivity contribution in [2.24, 2.45) is 0 Å². The van der Waals surface area contributed by atoms with Gasteiger partial charge in [-0.15, -0.1) is 0 Å². The fraction of sp³-hybridized carbons (Fsp3) is 0.381. The average Bonchev–Trinajstić information content (AvgIpc) is 2.68. The Bertz CT molecular complexity index is 936. The van der Waals surface area contributed by atoms with E-state index in [0.29, 0.717) is 23.7 Å². The normalized spacial score (nSPS) is 16.6. The molecule has 3 rings (SSSR count). The van der Waals surface area contributed by atoms with Crippen LogP contribution in [-0.4, -0.2) is 55.8 Å². The van der Waals surface area contributed by atoms with E-state index in [1.54, 1.807) is 30.0 Å². The number of nitrogens with zero attached hydrogens (tertiary/aromatic N) is 2. The lowest BCUT2D eigenvalue weighted by Gasteiger charge is -2.35. The molecule has 2 aromatic rings. The molecule has 1 saturated heterocycles. The number of rotatable bonds is 5. The quantitative estimate of drug-likeness (QED) is 0.771. The number of piperazine rings is 1. The molecule has 0 radical (unpaired) electrons. The fourth-order valence-corrected chi connectivity index (χ4v) is 5.02. The van der Waals surface area contributed by atoms with Crippen molar-refractivity contribution in [1.29, 1.82) is 0 Å². The highest BCUT2D eigenvalue weighted by Gasteiger charge is 2.32. The Morgan fingerprint density at radius 1 is 1.00 bits per heavy atom. The Balaban J connectivity index is 1.62. The van der Waals surface area contributed by atoms with Crippen LogP contribution in [0.25, 0.3) is 0 Å². The fourth-order valence-electron chi connectivity index (χ4n) is 3.39. The number of carbonyl (C=O) groups excluding carboxylic acids is 1. The van der Waals surface area contributed by atoms with E-state index in [1.165, 1.54) is 4.31 Å². The summed E-state index contributed by atoms with van der Waals surface area (Å²) in [6.07, 6.45) is -0.620. The molecule has 28 heavy (non-hydrogen) atoms. The van der Waals surface area contributed by atoms with E-state index in [0.717, 1.165) is 11.1 Å². The number of hydrogen-bond acceptors (Lipinski definition) is 4. The molecule has 0 saturated carbocycles. The van der Waals surface area contributed by atoms with Crippen molar-refractivity contribution >= 4 is 15.9 Å². The van der Waals surface area contributed by atoms with Crippen LogP contribution in [0, 0.1) is 13.8 Å². The minimum absolute atomic E-state index is 0.132. The topological polar surface area (TPSA) is 66.9 Å². The van der Waals surface area contributed by atoms with Crippen LogP contribution in [0.1, 0.15) is 18.1 Å². The standard InChI is InChI=1S/C21H26N2O4S/c1-16-9-10-20(17(2)15-16)28(25,26)23-13-11-22(12-14-23)21(24)18(3)27-19-7-5-4-6-8-19/h4-10,15,18H,11-14H2,1-3H3. The second kappa shape index (κ2) is 8.32. The third-order valence-corrected chi connectivity index (χ3v) is 6.96. The van der Waals surface area contributed by atoms with Crippen molar-refractivity contribution in [2.45, 2.75) is 31.8 Å². The molecule has 0 aromatic heterocycles. The first kappa shape index (κ1) is 20.4. The summed E-state index contributed by atoms with van der Waals surface area (Å²) in [6, 6.07) is 14.5. The molecule has 1 unspecified atom stereocenters. The summed E-state index contributed by atoms with van der Waals surface area (Å²) in [6.45, 7) is 6.72. The van der Waals surface area contributed by atoms with Gasteiger partial charge in [-0.1, -0.05) is 35.9 Å². The Morgan fingerprint density at radius 3 is 2.25 bits per heavy atom. The summed E-state index contributed by atoms with van der Waals surface area (Å²) in [5, 5.41) is 0. The Hall–Kier alpha value is -2.38. The van der Waals surface area contributed by atoms with Gasteiger partial charge < -0.3 is 9.64 Å². The van der Waals surface area contributed by atoms with Crippen LogP contribution < -0.4 is 4.74 Å². The van der Waals surface area contributed by atoms with Gasteiger partial charge in [0, 0.05) is 26.2 Å². The van der Waals surface area contributed by atoms with Crippen molar-refractivity contribution in [3.63, 3.8) is 0 Å². The smallest absolute Gasteiger partial charge is 0.263 e. The highest BCUT2D eigenvalue weighted by molar-refractivity contribution is 7.89. The van der Waals surface area contributed by atoms with Crippen molar-refractivity contribution in [3.05, 3.63) is 59.7 Å². The number of hydrogen-bond donors (Lipinski definition) is 0. The minimum atomic E-state index is -3.56. The third-order valence-electron chi connectivity index (χ3n) is 4.90. The van der Waals surface area contributed by atoms with E-state index in [2.05, 4.69) is 0 Å². The van der Waals surface area contributed by atoms with Crippen LogP contribution >= 0.6 is 0 Å². The number of carbonyl (C=O) groups is 1. The first-order valence-electron chi connectivity index (χ1n) is 9.37. The summed E-state index contributed by atoms with van der Waals surface area (Å²) in [4.78, 5) is 14.7. The van der Waals surface area contributed by atoms with Gasteiger partial charge in [0.1, 0.15) is 5.75 Å². The molecule has 1 fully saturated rings. The largest absolute Gasteiger partial charge is 0.481 e. The molecular formula is C21H26N2O4S. The van der Waals surface area contributed by atoms with Gasteiger partial charge in [0.15, 0.2) is 6.10 Å². The van der Waals surface area contributed by atoms with Crippen molar-refractivity contribution in [1.82, 2.24) is 9.21 Å². The lowest BCUT2D eigenvalue weighted by atomic mass is 10.2. The van der Waals surface area contributed by atoms with Crippen molar-refractivity contribution in [2.75, 3.05) is 26.2 Å². The summed E-state index contributed by atoms with van der Waals surface area (Å²) in [5.74, 6) is 0.506. The van der Waals surface area contributed by atoms with Crippen molar-refractivity contribution < 1.29 is 17.9 Å². The number of para-hydroxylation sites is 1. The number of sulfonamides is 1. The van der Waals surface area contributed by atoms with Gasteiger partial charge in [-0.05, 0) is 44.5 Å². The van der Waals surface area contributed by atoms with Gasteiger partial charge >= 0.3 is 0 Å². The van der Waals surface area contributed by atoms with Crippen LogP contribution in [0.5, 0.6) is 5.75 Å². The van der Waals surface area contributed by atoms with Crippen LogP contribution in [0.3, 0.4) is 0 Å². The zero-order chi connectivity index (χ0) is 20.3. The summed E-state index contributed by atoms with van der Waals surface area (Å²) in [5.41, 5.74) is 1.77. The van der Waals surface area contributed by atoms with Gasteiger partial charge in [-0.25, -0.2) is 8.42 Å². The highest BCUT2D eigenvalue weighted by atomic mass is 32.2. The van der Waals surface area contributed by atoms with E-state index in [-0.39, 0.29) is 19.0 Å². The second-order valence-corrected chi connectivity index (χ2v) is 8.98. The molecule has 6 nitrogen and oxygen atoms in total. The third kappa shape index (κ3) is 4.36. The van der Waals surface area contributed by atoms with Crippen molar-refractivity contribution in [3.8, 4) is 5.75 Å². The monoisotopic (exact) mass is 402 g/mol. The first-order chi connectivity index (χ1) is 13.3. The highest BCUT2D eigenvalue weighted by Crippen LogP contribution is 2.22. The number of ether oxygens (including phenoxy) is 1. The minimum Gasteiger partial charge on any atom is -0.481 e. The molecule has 0 aliphatic carbocycles. The maximum Gasteiger partial charge on any atom is 0.263 e. The Kier molecular flexibility index (Phi) is 6.05. The lowest BCUT2D eigenvalue weighted by Crippen LogP contribution is -2.53. The zero-order valence-electron chi connectivity index (χ0n) is 16.5.